The molecule has 2 saturated heterocycles. The smallest absolute Gasteiger partial charge is 0.329 e. The number of rotatable bonds is 4. The van der Waals surface area contributed by atoms with Gasteiger partial charge in [-0.2, -0.15) is 0 Å². The lowest BCUT2D eigenvalue weighted by Crippen LogP contribution is -2.49. The molecule has 6 heteroatoms. The van der Waals surface area contributed by atoms with E-state index in [-0.39, 0.29) is 18.1 Å². The predicted molar refractivity (Wildman–Crippen MR) is 75.1 cm³/mol. The van der Waals surface area contributed by atoms with Crippen molar-refractivity contribution in [2.75, 3.05) is 20.2 Å². The van der Waals surface area contributed by atoms with Crippen LogP contribution in [0.5, 0.6) is 5.75 Å². The first-order valence-electron chi connectivity index (χ1n) is 7.05. The predicted octanol–water partition coefficient (Wildman–Crippen LogP) is 0.947. The van der Waals surface area contributed by atoms with E-state index in [4.69, 9.17) is 9.47 Å². The summed E-state index contributed by atoms with van der Waals surface area (Å²) < 4.78 is 10.2. The summed E-state index contributed by atoms with van der Waals surface area (Å²) >= 11 is 0. The van der Waals surface area contributed by atoms with Crippen LogP contribution >= 0.6 is 0 Å². The summed E-state index contributed by atoms with van der Waals surface area (Å²) in [5.41, 5.74) is 1.12. The van der Waals surface area contributed by atoms with Crippen molar-refractivity contribution in [3.05, 3.63) is 29.8 Å². The number of amides is 2. The molecule has 1 N–H and O–H groups in total. The van der Waals surface area contributed by atoms with E-state index in [0.717, 1.165) is 17.7 Å². The van der Waals surface area contributed by atoms with E-state index in [2.05, 4.69) is 5.32 Å². The van der Waals surface area contributed by atoms with Gasteiger partial charge in [0.25, 0.3) is 0 Å². The van der Waals surface area contributed by atoms with Gasteiger partial charge in [0.1, 0.15) is 17.9 Å². The average molecular weight is 290 g/mol. The van der Waals surface area contributed by atoms with Crippen LogP contribution < -0.4 is 10.1 Å². The highest BCUT2D eigenvalue weighted by Crippen LogP contribution is 2.28. The van der Waals surface area contributed by atoms with Gasteiger partial charge in [0, 0.05) is 13.0 Å². The number of carbonyl (C=O) groups excluding carboxylic acids is 2. The molecule has 2 aliphatic rings. The molecule has 6 nitrogen and oxygen atoms in total. The molecule has 2 unspecified atom stereocenters. The van der Waals surface area contributed by atoms with Crippen LogP contribution in [0.4, 0.5) is 4.79 Å². The molecule has 0 spiro atoms. The quantitative estimate of drug-likeness (QED) is 0.838. The molecule has 0 aromatic heterocycles. The number of urea groups is 1. The van der Waals surface area contributed by atoms with Gasteiger partial charge >= 0.3 is 12.0 Å². The molecule has 0 radical (unpaired) electrons. The number of benzene rings is 1. The summed E-state index contributed by atoms with van der Waals surface area (Å²) in [7, 11) is 1.63. The minimum atomic E-state index is -0.393. The van der Waals surface area contributed by atoms with Crippen molar-refractivity contribution >= 4 is 12.0 Å². The second kappa shape index (κ2) is 5.63. The minimum Gasteiger partial charge on any atom is -0.497 e. The molecular weight excluding hydrogens is 272 g/mol. The number of esters is 1. The topological polar surface area (TPSA) is 67.9 Å². The van der Waals surface area contributed by atoms with Crippen LogP contribution in [0.25, 0.3) is 0 Å². The van der Waals surface area contributed by atoms with E-state index in [0.29, 0.717) is 19.5 Å². The van der Waals surface area contributed by atoms with Gasteiger partial charge in [-0.15, -0.1) is 0 Å². The van der Waals surface area contributed by atoms with Gasteiger partial charge in [-0.1, -0.05) is 12.1 Å². The standard InChI is InChI=1S/C15H18N2O4/c1-20-11-4-2-10(3-5-11)6-7-16-15(19)17-9-12-8-13(17)14(18)21-12/h2-5,12-13H,6-9H2,1H3,(H,16,19). The van der Waals surface area contributed by atoms with E-state index in [1.807, 2.05) is 24.3 Å². The number of nitrogens with one attached hydrogen (secondary N) is 1. The van der Waals surface area contributed by atoms with Crippen LogP contribution in [0.1, 0.15) is 12.0 Å². The summed E-state index contributed by atoms with van der Waals surface area (Å²) in [5.74, 6) is 0.533. The molecule has 2 heterocycles. The Balaban J connectivity index is 1.47. The molecule has 0 saturated carbocycles. The van der Waals surface area contributed by atoms with Gasteiger partial charge in [-0.05, 0) is 24.1 Å². The minimum absolute atomic E-state index is 0.116. The largest absolute Gasteiger partial charge is 0.497 e. The maximum Gasteiger partial charge on any atom is 0.329 e. The Morgan fingerprint density at radius 1 is 1.43 bits per heavy atom. The number of likely N-dealkylation sites (tertiary alicyclic amines) is 1. The normalized spacial score (nSPS) is 23.1. The lowest BCUT2D eigenvalue weighted by atomic mass is 10.1. The average Bonchev–Trinajstić information content (AvgIpc) is 3.07. The Bertz CT molecular complexity index is 543. The first-order valence-corrected chi connectivity index (χ1v) is 7.05. The van der Waals surface area contributed by atoms with Crippen LogP contribution in [0.15, 0.2) is 24.3 Å². The zero-order valence-corrected chi connectivity index (χ0v) is 11.9. The van der Waals surface area contributed by atoms with E-state index >= 15 is 0 Å². The van der Waals surface area contributed by atoms with Crippen molar-refractivity contribution in [2.24, 2.45) is 0 Å². The van der Waals surface area contributed by atoms with E-state index in [1.165, 1.54) is 0 Å². The van der Waals surface area contributed by atoms with Gasteiger partial charge in [0.15, 0.2) is 0 Å². The molecule has 2 aliphatic heterocycles. The Labute approximate surface area is 123 Å². The first-order chi connectivity index (χ1) is 10.2. The second-order valence-corrected chi connectivity index (χ2v) is 5.29. The molecule has 3 rings (SSSR count). The number of fused-ring (bicyclic) bond motifs is 2. The van der Waals surface area contributed by atoms with Crippen LogP contribution in [0.2, 0.25) is 0 Å². The van der Waals surface area contributed by atoms with E-state index in [1.54, 1.807) is 12.0 Å². The third-order valence-electron chi connectivity index (χ3n) is 3.93. The van der Waals surface area contributed by atoms with Gasteiger partial charge < -0.3 is 19.7 Å². The summed E-state index contributed by atoms with van der Waals surface area (Å²) in [6.07, 6.45) is 1.25. The van der Waals surface area contributed by atoms with Crippen molar-refractivity contribution < 1.29 is 19.1 Å². The Morgan fingerprint density at radius 2 is 2.19 bits per heavy atom. The number of morpholine rings is 1. The van der Waals surface area contributed by atoms with Crippen LogP contribution in [0, 0.1) is 0 Å². The lowest BCUT2D eigenvalue weighted by Gasteiger charge is -2.25. The number of ether oxygens (including phenoxy) is 2. The third-order valence-corrected chi connectivity index (χ3v) is 3.93. The highest BCUT2D eigenvalue weighted by Gasteiger charge is 2.48. The maximum atomic E-state index is 12.1. The molecule has 2 amide bonds. The third kappa shape index (κ3) is 2.79. The zero-order valence-electron chi connectivity index (χ0n) is 11.9. The van der Waals surface area contributed by atoms with E-state index < -0.39 is 6.04 Å². The highest BCUT2D eigenvalue weighted by molar-refractivity contribution is 5.86. The van der Waals surface area contributed by atoms with Gasteiger partial charge in [0.2, 0.25) is 0 Å². The molecule has 1 aromatic carbocycles. The van der Waals surface area contributed by atoms with Crippen molar-refractivity contribution in [3.63, 3.8) is 0 Å². The Morgan fingerprint density at radius 3 is 2.81 bits per heavy atom. The molecule has 0 aliphatic carbocycles. The van der Waals surface area contributed by atoms with E-state index in [9.17, 15) is 9.59 Å². The van der Waals surface area contributed by atoms with Crippen molar-refractivity contribution in [1.29, 1.82) is 0 Å². The Kier molecular flexibility index (Phi) is 3.68. The second-order valence-electron chi connectivity index (χ2n) is 5.29. The summed E-state index contributed by atoms with van der Waals surface area (Å²) in [6, 6.07) is 7.16. The number of nitrogens with zero attached hydrogens (tertiary/aromatic N) is 1. The number of hydrogen-bond acceptors (Lipinski definition) is 4. The number of methoxy groups -OCH3 is 1. The SMILES string of the molecule is COc1ccc(CCNC(=O)N2CC3CC2C(=O)O3)cc1. The zero-order chi connectivity index (χ0) is 14.8. The highest BCUT2D eigenvalue weighted by atomic mass is 16.6. The number of hydrogen-bond donors (Lipinski definition) is 1. The summed E-state index contributed by atoms with van der Waals surface area (Å²) in [5, 5.41) is 2.86. The van der Waals surface area contributed by atoms with Crippen molar-refractivity contribution in [1.82, 2.24) is 10.2 Å². The summed E-state index contributed by atoms with van der Waals surface area (Å²) in [4.78, 5) is 25.1. The van der Waals surface area contributed by atoms with Crippen molar-refractivity contribution in [3.8, 4) is 5.75 Å². The van der Waals surface area contributed by atoms with Gasteiger partial charge in [-0.25, -0.2) is 9.59 Å². The fourth-order valence-electron chi connectivity index (χ4n) is 2.78. The van der Waals surface area contributed by atoms with Crippen molar-refractivity contribution in [2.45, 2.75) is 25.0 Å². The molecule has 1 aromatic rings. The number of carbonyl (C=O) groups is 2. The lowest BCUT2D eigenvalue weighted by molar-refractivity contribution is -0.149. The molecule has 2 atom stereocenters. The first kappa shape index (κ1) is 13.7. The van der Waals surface area contributed by atoms with Crippen LogP contribution in [-0.2, 0) is 16.0 Å². The van der Waals surface area contributed by atoms with Gasteiger partial charge in [-0.3, -0.25) is 0 Å². The fraction of sp³-hybridized carbons (Fsp3) is 0.467. The fourth-order valence-corrected chi connectivity index (χ4v) is 2.78. The monoisotopic (exact) mass is 290 g/mol. The molecule has 112 valence electrons. The molecule has 21 heavy (non-hydrogen) atoms. The van der Waals surface area contributed by atoms with Crippen LogP contribution in [0.3, 0.4) is 0 Å². The molecule has 2 fully saturated rings. The summed E-state index contributed by atoms with van der Waals surface area (Å²) in [6.45, 7) is 1.04. The molecule has 2 bridgehead atoms. The Hall–Kier alpha value is -2.24. The maximum absolute atomic E-state index is 12.1. The van der Waals surface area contributed by atoms with Crippen LogP contribution in [-0.4, -0.2) is 49.2 Å². The van der Waals surface area contributed by atoms with Gasteiger partial charge in [0.05, 0.1) is 13.7 Å². The molecular formula is C15H18N2O4.